The second kappa shape index (κ2) is 6.70. The summed E-state index contributed by atoms with van der Waals surface area (Å²) in [5, 5.41) is 15.7. The molecule has 1 heterocycles. The van der Waals surface area contributed by atoms with Crippen LogP contribution in [0.25, 0.3) is 0 Å². The number of aromatic hydroxyl groups is 1. The van der Waals surface area contributed by atoms with E-state index in [0.29, 0.717) is 37.5 Å². The van der Waals surface area contributed by atoms with E-state index in [1.807, 2.05) is 0 Å². The van der Waals surface area contributed by atoms with Gasteiger partial charge in [0.25, 0.3) is 0 Å². The van der Waals surface area contributed by atoms with Crippen molar-refractivity contribution >= 4 is 5.91 Å². The smallest absolute Gasteiger partial charge is 0.226 e. The monoisotopic (exact) mass is 275 g/mol. The zero-order valence-corrected chi connectivity index (χ0v) is 11.3. The quantitative estimate of drug-likeness (QED) is 0.838. The van der Waals surface area contributed by atoms with Crippen LogP contribution >= 0.6 is 0 Å². The highest BCUT2D eigenvalue weighted by Gasteiger charge is 2.05. The van der Waals surface area contributed by atoms with Crippen LogP contribution in [0.5, 0.6) is 5.75 Å². The standard InChI is InChI=1S/C14H17N3O3/c1-10-16-14(20-17-10)4-2-3-13(19)15-9-11-5-7-12(18)8-6-11/h5-8,18H,2-4,9H2,1H3,(H,15,19). The Kier molecular flexibility index (Phi) is 4.70. The number of nitrogens with one attached hydrogen (secondary N) is 1. The van der Waals surface area contributed by atoms with Gasteiger partial charge in [0.15, 0.2) is 5.82 Å². The van der Waals surface area contributed by atoms with E-state index in [4.69, 9.17) is 9.63 Å². The lowest BCUT2D eigenvalue weighted by atomic mass is 10.2. The van der Waals surface area contributed by atoms with Gasteiger partial charge >= 0.3 is 0 Å². The molecule has 0 unspecified atom stereocenters. The largest absolute Gasteiger partial charge is 0.508 e. The number of benzene rings is 1. The first kappa shape index (κ1) is 14.0. The second-order valence-electron chi connectivity index (χ2n) is 4.53. The van der Waals surface area contributed by atoms with Crippen molar-refractivity contribution in [2.75, 3.05) is 0 Å². The van der Waals surface area contributed by atoms with Gasteiger partial charge in [0, 0.05) is 19.4 Å². The molecule has 106 valence electrons. The summed E-state index contributed by atoms with van der Waals surface area (Å²) in [4.78, 5) is 15.7. The third kappa shape index (κ3) is 4.38. The third-order valence-electron chi connectivity index (χ3n) is 2.79. The van der Waals surface area contributed by atoms with E-state index in [1.54, 1.807) is 31.2 Å². The van der Waals surface area contributed by atoms with E-state index in [1.165, 1.54) is 0 Å². The highest BCUT2D eigenvalue weighted by Crippen LogP contribution is 2.09. The molecule has 0 atom stereocenters. The average molecular weight is 275 g/mol. The fourth-order valence-electron chi connectivity index (χ4n) is 1.74. The van der Waals surface area contributed by atoms with Crippen LogP contribution < -0.4 is 5.32 Å². The summed E-state index contributed by atoms with van der Waals surface area (Å²) >= 11 is 0. The number of hydrogen-bond donors (Lipinski definition) is 2. The SMILES string of the molecule is Cc1noc(CCCC(=O)NCc2ccc(O)cc2)n1. The zero-order chi connectivity index (χ0) is 14.4. The molecule has 0 bridgehead atoms. The Hall–Kier alpha value is -2.37. The summed E-state index contributed by atoms with van der Waals surface area (Å²) in [5.41, 5.74) is 0.948. The molecule has 2 rings (SSSR count). The molecule has 0 radical (unpaired) electrons. The van der Waals surface area contributed by atoms with Gasteiger partial charge < -0.3 is 14.9 Å². The lowest BCUT2D eigenvalue weighted by Crippen LogP contribution is -2.22. The summed E-state index contributed by atoms with van der Waals surface area (Å²) in [6.45, 7) is 2.22. The van der Waals surface area contributed by atoms with E-state index in [9.17, 15) is 4.79 Å². The lowest BCUT2D eigenvalue weighted by molar-refractivity contribution is -0.121. The Labute approximate surface area is 116 Å². The summed E-state index contributed by atoms with van der Waals surface area (Å²) in [7, 11) is 0. The second-order valence-corrected chi connectivity index (χ2v) is 4.53. The number of hydrogen-bond acceptors (Lipinski definition) is 5. The summed E-state index contributed by atoms with van der Waals surface area (Å²) < 4.78 is 4.97. The van der Waals surface area contributed by atoms with Gasteiger partial charge in [-0.25, -0.2) is 0 Å². The predicted octanol–water partition coefficient (Wildman–Crippen LogP) is 1.72. The molecule has 20 heavy (non-hydrogen) atoms. The van der Waals surface area contributed by atoms with Crippen LogP contribution in [-0.4, -0.2) is 21.2 Å². The minimum Gasteiger partial charge on any atom is -0.508 e. The van der Waals surface area contributed by atoms with Gasteiger partial charge in [-0.3, -0.25) is 4.79 Å². The Bertz CT molecular complexity index is 563. The molecule has 1 amide bonds. The summed E-state index contributed by atoms with van der Waals surface area (Å²) in [6, 6.07) is 6.74. The molecule has 6 heteroatoms. The number of carbonyl (C=O) groups excluding carboxylic acids is 1. The number of carbonyl (C=O) groups is 1. The molecule has 2 N–H and O–H groups in total. The third-order valence-corrected chi connectivity index (χ3v) is 2.79. The molecule has 1 aromatic heterocycles. The van der Waals surface area contributed by atoms with Crippen LogP contribution in [0.4, 0.5) is 0 Å². The van der Waals surface area contributed by atoms with Crippen molar-refractivity contribution in [1.82, 2.24) is 15.5 Å². The van der Waals surface area contributed by atoms with Crippen LogP contribution in [0.3, 0.4) is 0 Å². The average Bonchev–Trinajstić information content (AvgIpc) is 2.84. The number of phenolic OH excluding ortho intramolecular Hbond substituents is 1. The molecule has 1 aromatic carbocycles. The molecule has 0 saturated carbocycles. The Balaban J connectivity index is 1.66. The molecule has 0 aliphatic heterocycles. The van der Waals surface area contributed by atoms with E-state index in [-0.39, 0.29) is 11.7 Å². The van der Waals surface area contributed by atoms with Crippen molar-refractivity contribution in [3.8, 4) is 5.75 Å². The number of amides is 1. The van der Waals surface area contributed by atoms with Crippen molar-refractivity contribution in [1.29, 1.82) is 0 Å². The fourth-order valence-corrected chi connectivity index (χ4v) is 1.74. The van der Waals surface area contributed by atoms with E-state index in [0.717, 1.165) is 5.56 Å². The molecule has 0 fully saturated rings. The maximum Gasteiger partial charge on any atom is 0.226 e. The normalized spacial score (nSPS) is 10.4. The van der Waals surface area contributed by atoms with Gasteiger partial charge in [-0.1, -0.05) is 17.3 Å². The molecule has 0 aliphatic carbocycles. The number of aryl methyl sites for hydroxylation is 2. The number of phenols is 1. The number of nitrogens with zero attached hydrogens (tertiary/aromatic N) is 2. The van der Waals surface area contributed by atoms with E-state index >= 15 is 0 Å². The van der Waals surface area contributed by atoms with Gasteiger partial charge in [0.05, 0.1) is 0 Å². The fraction of sp³-hybridized carbons (Fsp3) is 0.357. The van der Waals surface area contributed by atoms with Crippen molar-refractivity contribution in [2.24, 2.45) is 0 Å². The van der Waals surface area contributed by atoms with Crippen LogP contribution in [0.1, 0.15) is 30.1 Å². The van der Waals surface area contributed by atoms with Crippen molar-refractivity contribution in [3.05, 3.63) is 41.5 Å². The minimum atomic E-state index is -0.0192. The van der Waals surface area contributed by atoms with Gasteiger partial charge in [-0.15, -0.1) is 0 Å². The molecule has 2 aromatic rings. The van der Waals surface area contributed by atoms with Gasteiger partial charge in [-0.2, -0.15) is 4.98 Å². The Morgan fingerprint density at radius 2 is 2.10 bits per heavy atom. The van der Waals surface area contributed by atoms with Gasteiger partial charge in [-0.05, 0) is 31.0 Å². The van der Waals surface area contributed by atoms with Gasteiger partial charge in [0.1, 0.15) is 5.75 Å². The predicted molar refractivity (Wildman–Crippen MR) is 71.9 cm³/mol. The first-order valence-corrected chi connectivity index (χ1v) is 6.47. The van der Waals surface area contributed by atoms with Crippen LogP contribution in [0, 0.1) is 6.92 Å². The minimum absolute atomic E-state index is 0.0192. The molecular weight excluding hydrogens is 258 g/mol. The first-order valence-electron chi connectivity index (χ1n) is 6.47. The van der Waals surface area contributed by atoms with Crippen LogP contribution in [-0.2, 0) is 17.8 Å². The summed E-state index contributed by atoms with van der Waals surface area (Å²) in [5.74, 6) is 1.37. The van der Waals surface area contributed by atoms with E-state index < -0.39 is 0 Å². The highest BCUT2D eigenvalue weighted by atomic mass is 16.5. The Morgan fingerprint density at radius 3 is 2.75 bits per heavy atom. The van der Waals surface area contributed by atoms with Crippen LogP contribution in [0.15, 0.2) is 28.8 Å². The Morgan fingerprint density at radius 1 is 1.35 bits per heavy atom. The van der Waals surface area contributed by atoms with Crippen molar-refractivity contribution in [3.63, 3.8) is 0 Å². The first-order chi connectivity index (χ1) is 9.63. The number of aromatic nitrogens is 2. The molecule has 0 saturated heterocycles. The highest BCUT2D eigenvalue weighted by molar-refractivity contribution is 5.75. The maximum absolute atomic E-state index is 11.7. The molecule has 6 nitrogen and oxygen atoms in total. The maximum atomic E-state index is 11.7. The molecule has 0 aliphatic rings. The summed E-state index contributed by atoms with van der Waals surface area (Å²) in [6.07, 6.45) is 1.69. The van der Waals surface area contributed by atoms with Crippen molar-refractivity contribution < 1.29 is 14.4 Å². The van der Waals surface area contributed by atoms with Crippen LogP contribution in [0.2, 0.25) is 0 Å². The van der Waals surface area contributed by atoms with E-state index in [2.05, 4.69) is 15.5 Å². The van der Waals surface area contributed by atoms with Gasteiger partial charge in [0.2, 0.25) is 11.8 Å². The molecule has 0 spiro atoms. The molecular formula is C14H17N3O3. The number of rotatable bonds is 6. The topological polar surface area (TPSA) is 88.2 Å². The van der Waals surface area contributed by atoms with Crippen molar-refractivity contribution in [2.45, 2.75) is 32.7 Å². The lowest BCUT2D eigenvalue weighted by Gasteiger charge is -2.04. The zero-order valence-electron chi connectivity index (χ0n) is 11.3.